The van der Waals surface area contributed by atoms with Crippen LogP contribution in [0, 0.1) is 6.92 Å². The highest BCUT2D eigenvalue weighted by atomic mass is 32.2. The molecule has 0 aliphatic rings. The zero-order valence-electron chi connectivity index (χ0n) is 11.1. The summed E-state index contributed by atoms with van der Waals surface area (Å²) in [7, 11) is 1.54. The average molecular weight is 314 g/mol. The zero-order chi connectivity index (χ0) is 14.5. The topological polar surface area (TPSA) is 81.3 Å². The van der Waals surface area contributed by atoms with Gasteiger partial charge in [-0.3, -0.25) is 9.59 Å². The molecule has 2 rings (SSSR count). The molecule has 2 heterocycles. The van der Waals surface area contributed by atoms with Crippen molar-refractivity contribution in [1.29, 1.82) is 0 Å². The monoisotopic (exact) mass is 314 g/mol. The number of carbonyl (C=O) groups is 1. The molecule has 0 atom stereocenters. The molecule has 0 saturated heterocycles. The van der Waals surface area contributed by atoms with Gasteiger partial charge in [0.15, 0.2) is 5.16 Å². The SMILES string of the molecule is COCCOC(=O)CSc1nc2sc(C)cc2c(=O)[nH]1. The van der Waals surface area contributed by atoms with Crippen LogP contribution in [0.4, 0.5) is 0 Å². The van der Waals surface area contributed by atoms with Crippen LogP contribution in [0.1, 0.15) is 4.88 Å². The number of hydrogen-bond acceptors (Lipinski definition) is 7. The summed E-state index contributed by atoms with van der Waals surface area (Å²) in [6.45, 7) is 2.51. The summed E-state index contributed by atoms with van der Waals surface area (Å²) in [5, 5.41) is 1.01. The molecule has 2 aromatic heterocycles. The van der Waals surface area contributed by atoms with Crippen LogP contribution in [0.3, 0.4) is 0 Å². The highest BCUT2D eigenvalue weighted by molar-refractivity contribution is 7.99. The number of ether oxygens (including phenoxy) is 2. The first-order valence-corrected chi connectivity index (χ1v) is 7.68. The van der Waals surface area contributed by atoms with Crippen LogP contribution in [-0.2, 0) is 14.3 Å². The van der Waals surface area contributed by atoms with Gasteiger partial charge in [-0.25, -0.2) is 4.98 Å². The number of methoxy groups -OCH3 is 1. The van der Waals surface area contributed by atoms with Crippen LogP contribution in [0.25, 0.3) is 10.2 Å². The summed E-state index contributed by atoms with van der Waals surface area (Å²) in [5.41, 5.74) is -0.186. The minimum Gasteiger partial charge on any atom is -0.463 e. The Bertz CT molecular complexity index is 665. The standard InChI is InChI=1S/C12H14N2O4S2/c1-7-5-8-10(16)13-12(14-11(8)20-7)19-6-9(15)18-4-3-17-2/h5H,3-4,6H2,1-2H3,(H,13,14,16). The fourth-order valence-electron chi connectivity index (χ4n) is 1.51. The number of nitrogens with zero attached hydrogens (tertiary/aromatic N) is 1. The maximum Gasteiger partial charge on any atom is 0.316 e. The van der Waals surface area contributed by atoms with E-state index in [1.807, 2.05) is 6.92 Å². The highest BCUT2D eigenvalue weighted by Crippen LogP contribution is 2.22. The Morgan fingerprint density at radius 2 is 2.30 bits per heavy atom. The molecule has 0 aromatic carbocycles. The van der Waals surface area contributed by atoms with Crippen LogP contribution in [-0.4, -0.2) is 42.0 Å². The van der Waals surface area contributed by atoms with Crippen molar-refractivity contribution < 1.29 is 14.3 Å². The smallest absolute Gasteiger partial charge is 0.316 e. The van der Waals surface area contributed by atoms with Gasteiger partial charge in [-0.2, -0.15) is 0 Å². The van der Waals surface area contributed by atoms with Crippen molar-refractivity contribution in [2.24, 2.45) is 0 Å². The van der Waals surface area contributed by atoms with Gasteiger partial charge in [0.05, 0.1) is 17.7 Å². The maximum absolute atomic E-state index is 11.8. The third-order valence-electron chi connectivity index (χ3n) is 2.38. The number of aryl methyl sites for hydroxylation is 1. The third-order valence-corrected chi connectivity index (χ3v) is 4.17. The Balaban J connectivity index is 1.99. The second-order valence-corrected chi connectivity index (χ2v) is 6.15. The van der Waals surface area contributed by atoms with E-state index in [0.717, 1.165) is 16.6 Å². The van der Waals surface area contributed by atoms with Gasteiger partial charge in [-0.05, 0) is 13.0 Å². The van der Waals surface area contributed by atoms with Crippen LogP contribution in [0.5, 0.6) is 0 Å². The van der Waals surface area contributed by atoms with Gasteiger partial charge in [0.2, 0.25) is 0 Å². The van der Waals surface area contributed by atoms with E-state index in [0.29, 0.717) is 22.0 Å². The molecule has 0 bridgehead atoms. The molecule has 0 amide bonds. The quantitative estimate of drug-likeness (QED) is 0.377. The number of aromatic amines is 1. The molecule has 20 heavy (non-hydrogen) atoms. The normalized spacial score (nSPS) is 10.9. The van der Waals surface area contributed by atoms with Crippen LogP contribution >= 0.6 is 23.1 Å². The van der Waals surface area contributed by atoms with Crippen LogP contribution < -0.4 is 5.56 Å². The maximum atomic E-state index is 11.8. The number of thioether (sulfide) groups is 1. The van der Waals surface area contributed by atoms with Crippen molar-refractivity contribution in [3.63, 3.8) is 0 Å². The number of hydrogen-bond donors (Lipinski definition) is 1. The average Bonchev–Trinajstić information content (AvgIpc) is 2.78. The summed E-state index contributed by atoms with van der Waals surface area (Å²) < 4.78 is 9.70. The lowest BCUT2D eigenvalue weighted by Gasteiger charge is -2.03. The van der Waals surface area contributed by atoms with E-state index in [4.69, 9.17) is 9.47 Å². The lowest BCUT2D eigenvalue weighted by Crippen LogP contribution is -2.13. The Hall–Kier alpha value is -1.38. The first-order chi connectivity index (χ1) is 9.60. The van der Waals surface area contributed by atoms with E-state index in [1.165, 1.54) is 18.4 Å². The predicted molar refractivity (Wildman–Crippen MR) is 78.5 cm³/mol. The van der Waals surface area contributed by atoms with Crippen molar-refractivity contribution in [2.75, 3.05) is 26.1 Å². The fraction of sp³-hybridized carbons (Fsp3) is 0.417. The largest absolute Gasteiger partial charge is 0.463 e. The minimum atomic E-state index is -0.364. The van der Waals surface area contributed by atoms with Crippen LogP contribution in [0.2, 0.25) is 0 Å². The molecular weight excluding hydrogens is 300 g/mol. The van der Waals surface area contributed by atoms with Gasteiger partial charge >= 0.3 is 5.97 Å². The number of esters is 1. The zero-order valence-corrected chi connectivity index (χ0v) is 12.7. The van der Waals surface area contributed by atoms with E-state index in [-0.39, 0.29) is 23.9 Å². The number of fused-ring (bicyclic) bond motifs is 1. The number of thiophene rings is 1. The Kier molecular flexibility index (Phi) is 5.16. The first kappa shape index (κ1) is 15.0. The van der Waals surface area contributed by atoms with E-state index in [2.05, 4.69) is 9.97 Å². The minimum absolute atomic E-state index is 0.0997. The molecule has 2 aromatic rings. The van der Waals surface area contributed by atoms with Crippen LogP contribution in [0.15, 0.2) is 16.0 Å². The summed E-state index contributed by atoms with van der Waals surface area (Å²) in [6, 6.07) is 1.80. The summed E-state index contributed by atoms with van der Waals surface area (Å²) >= 11 is 2.60. The molecule has 6 nitrogen and oxygen atoms in total. The summed E-state index contributed by atoms with van der Waals surface area (Å²) in [4.78, 5) is 31.9. The third kappa shape index (κ3) is 3.81. The van der Waals surface area contributed by atoms with Crippen molar-refractivity contribution in [3.8, 4) is 0 Å². The second kappa shape index (κ2) is 6.87. The molecule has 0 fully saturated rings. The lowest BCUT2D eigenvalue weighted by atomic mass is 10.4. The van der Waals surface area contributed by atoms with E-state index >= 15 is 0 Å². The molecule has 108 valence electrons. The van der Waals surface area contributed by atoms with E-state index in [1.54, 1.807) is 6.07 Å². The lowest BCUT2D eigenvalue weighted by molar-refractivity contribution is -0.141. The van der Waals surface area contributed by atoms with Gasteiger partial charge in [0.25, 0.3) is 5.56 Å². The van der Waals surface area contributed by atoms with E-state index < -0.39 is 0 Å². The Labute approximate surface area is 123 Å². The highest BCUT2D eigenvalue weighted by Gasteiger charge is 2.10. The van der Waals surface area contributed by atoms with Gasteiger partial charge in [0.1, 0.15) is 11.4 Å². The molecule has 0 aliphatic carbocycles. The second-order valence-electron chi connectivity index (χ2n) is 3.95. The van der Waals surface area contributed by atoms with Gasteiger partial charge in [-0.1, -0.05) is 11.8 Å². The number of H-pyrrole nitrogens is 1. The fourth-order valence-corrected chi connectivity index (χ4v) is 3.11. The number of nitrogens with one attached hydrogen (secondary N) is 1. The van der Waals surface area contributed by atoms with Gasteiger partial charge in [-0.15, -0.1) is 11.3 Å². The Morgan fingerprint density at radius 1 is 1.50 bits per heavy atom. The molecule has 0 aliphatic heterocycles. The molecule has 0 radical (unpaired) electrons. The number of rotatable bonds is 6. The van der Waals surface area contributed by atoms with Gasteiger partial charge in [0, 0.05) is 12.0 Å². The molecule has 8 heteroatoms. The van der Waals surface area contributed by atoms with Crippen molar-refractivity contribution in [1.82, 2.24) is 9.97 Å². The molecule has 1 N–H and O–H groups in total. The molecule has 0 saturated carbocycles. The summed E-state index contributed by atoms with van der Waals surface area (Å²) in [6.07, 6.45) is 0. The molecule has 0 spiro atoms. The van der Waals surface area contributed by atoms with Crippen molar-refractivity contribution in [2.45, 2.75) is 12.1 Å². The number of aromatic nitrogens is 2. The molecule has 0 unspecified atom stereocenters. The summed E-state index contributed by atoms with van der Waals surface area (Å²) in [5.74, 6) is -0.264. The molecular formula is C12H14N2O4S2. The Morgan fingerprint density at radius 3 is 3.05 bits per heavy atom. The van der Waals surface area contributed by atoms with E-state index in [9.17, 15) is 9.59 Å². The predicted octanol–water partition coefficient (Wildman–Crippen LogP) is 1.57. The van der Waals surface area contributed by atoms with Gasteiger partial charge < -0.3 is 14.5 Å². The first-order valence-electron chi connectivity index (χ1n) is 5.88. The number of carbonyl (C=O) groups excluding carboxylic acids is 1. The van der Waals surface area contributed by atoms with Crippen molar-refractivity contribution in [3.05, 3.63) is 21.3 Å². The van der Waals surface area contributed by atoms with Crippen molar-refractivity contribution >= 4 is 39.3 Å².